The summed E-state index contributed by atoms with van der Waals surface area (Å²) in [4.78, 5) is 20.7. The summed E-state index contributed by atoms with van der Waals surface area (Å²) in [6.07, 6.45) is 9.63. The van der Waals surface area contributed by atoms with Crippen LogP contribution in [0.5, 0.6) is 0 Å². The number of hydrogen-bond acceptors (Lipinski definition) is 5. The van der Waals surface area contributed by atoms with E-state index in [0.717, 1.165) is 11.1 Å². The molecular weight excluding hydrogens is 304 g/mol. The summed E-state index contributed by atoms with van der Waals surface area (Å²) in [6.45, 7) is 0. The Morgan fingerprint density at radius 1 is 0.792 bits per heavy atom. The highest BCUT2D eigenvalue weighted by atomic mass is 16.3. The highest BCUT2D eigenvalue weighted by Crippen LogP contribution is 2.25. The first kappa shape index (κ1) is 14.1. The summed E-state index contributed by atoms with van der Waals surface area (Å²) in [5.74, 6) is 1.04. The molecule has 0 spiro atoms. The lowest BCUT2D eigenvalue weighted by Crippen LogP contribution is -1.96. The van der Waals surface area contributed by atoms with Gasteiger partial charge in [0.1, 0.15) is 24.0 Å². The van der Waals surface area contributed by atoms with Gasteiger partial charge in [-0.05, 0) is 36.4 Å². The molecule has 0 unspecified atom stereocenters. The summed E-state index contributed by atoms with van der Waals surface area (Å²) >= 11 is 0. The molecule has 0 fully saturated rings. The van der Waals surface area contributed by atoms with Gasteiger partial charge in [-0.1, -0.05) is 0 Å². The number of hydrogen-bond donors (Lipinski definition) is 0. The monoisotopic (exact) mass is 316 g/mol. The van der Waals surface area contributed by atoms with Gasteiger partial charge in [-0.2, -0.15) is 0 Å². The van der Waals surface area contributed by atoms with Crippen LogP contribution in [0, 0.1) is 0 Å². The molecule has 4 aromatic rings. The Kier molecular flexibility index (Phi) is 3.51. The van der Waals surface area contributed by atoms with Crippen molar-refractivity contribution in [1.29, 1.82) is 0 Å². The summed E-state index contributed by atoms with van der Waals surface area (Å²) < 4.78 is 11.0. The van der Waals surface area contributed by atoms with E-state index in [-0.39, 0.29) is 5.78 Å². The van der Waals surface area contributed by atoms with Crippen molar-refractivity contribution in [3.05, 3.63) is 84.8 Å². The zero-order valence-electron chi connectivity index (χ0n) is 12.5. The molecule has 0 radical (unpaired) electrons. The number of furan rings is 2. The van der Waals surface area contributed by atoms with Crippen molar-refractivity contribution in [2.45, 2.75) is 0 Å². The second kappa shape index (κ2) is 5.96. The van der Waals surface area contributed by atoms with Crippen LogP contribution in [-0.2, 0) is 0 Å². The van der Waals surface area contributed by atoms with Gasteiger partial charge in [-0.15, -0.1) is 0 Å². The highest BCUT2D eigenvalue weighted by molar-refractivity contribution is 6.09. The van der Waals surface area contributed by atoms with Crippen LogP contribution in [0.2, 0.25) is 0 Å². The summed E-state index contributed by atoms with van der Waals surface area (Å²) in [5, 5.41) is 0. The van der Waals surface area contributed by atoms with Crippen LogP contribution in [-0.4, -0.2) is 15.8 Å². The second-order valence-corrected chi connectivity index (χ2v) is 5.21. The fourth-order valence-corrected chi connectivity index (χ4v) is 2.40. The lowest BCUT2D eigenvalue weighted by atomic mass is 10.1. The van der Waals surface area contributed by atoms with Crippen molar-refractivity contribution >= 4 is 5.78 Å². The number of nitrogens with zero attached hydrogens (tertiary/aromatic N) is 2. The minimum atomic E-state index is -0.159. The Hall–Kier alpha value is -3.47. The van der Waals surface area contributed by atoms with E-state index in [1.54, 1.807) is 36.9 Å². The average molecular weight is 316 g/mol. The fraction of sp³-hybridized carbons (Fsp3) is 0. The van der Waals surface area contributed by atoms with Crippen LogP contribution in [0.4, 0.5) is 0 Å². The number of aromatic nitrogens is 2. The maximum atomic E-state index is 12.6. The molecule has 4 aromatic heterocycles. The van der Waals surface area contributed by atoms with Crippen molar-refractivity contribution < 1.29 is 13.6 Å². The van der Waals surface area contributed by atoms with Gasteiger partial charge < -0.3 is 8.83 Å². The average Bonchev–Trinajstić information content (AvgIpc) is 3.33. The quantitative estimate of drug-likeness (QED) is 0.527. The zero-order valence-corrected chi connectivity index (χ0v) is 12.5. The predicted molar refractivity (Wildman–Crippen MR) is 87.3 cm³/mol. The Labute approximate surface area is 137 Å². The largest absolute Gasteiger partial charge is 0.464 e. The molecule has 0 aliphatic rings. The van der Waals surface area contributed by atoms with Crippen LogP contribution in [0.1, 0.15) is 15.9 Å². The van der Waals surface area contributed by atoms with Crippen LogP contribution in [0.15, 0.2) is 82.5 Å². The van der Waals surface area contributed by atoms with E-state index in [2.05, 4.69) is 9.97 Å². The highest BCUT2D eigenvalue weighted by Gasteiger charge is 2.16. The third-order valence-corrected chi connectivity index (χ3v) is 3.62. The third kappa shape index (κ3) is 2.63. The molecule has 0 saturated heterocycles. The molecule has 0 saturated carbocycles. The van der Waals surface area contributed by atoms with E-state index in [1.807, 2.05) is 24.3 Å². The number of rotatable bonds is 4. The van der Waals surface area contributed by atoms with Crippen LogP contribution in [0.3, 0.4) is 0 Å². The number of carbonyl (C=O) groups excluding carboxylic acids is 1. The molecule has 0 aliphatic heterocycles. The van der Waals surface area contributed by atoms with Gasteiger partial charge in [0.2, 0.25) is 0 Å². The molecular formula is C19H12N2O3. The van der Waals surface area contributed by atoms with Gasteiger partial charge in [0, 0.05) is 35.9 Å². The van der Waals surface area contributed by atoms with Gasteiger partial charge >= 0.3 is 0 Å². The minimum absolute atomic E-state index is 0.159. The SMILES string of the molecule is O=C(c1coc(-c2cccnc2)c1)c1coc(-c2cccnc2)c1. The van der Waals surface area contributed by atoms with Gasteiger partial charge in [0.25, 0.3) is 0 Å². The van der Waals surface area contributed by atoms with Crippen molar-refractivity contribution in [3.63, 3.8) is 0 Å². The molecule has 0 N–H and O–H groups in total. The van der Waals surface area contributed by atoms with E-state index in [1.165, 1.54) is 12.5 Å². The maximum absolute atomic E-state index is 12.6. The van der Waals surface area contributed by atoms with Crippen molar-refractivity contribution in [2.24, 2.45) is 0 Å². The Bertz CT molecular complexity index is 892. The minimum Gasteiger partial charge on any atom is -0.464 e. The van der Waals surface area contributed by atoms with Crippen molar-refractivity contribution in [2.75, 3.05) is 0 Å². The predicted octanol–water partition coefficient (Wildman–Crippen LogP) is 4.23. The summed E-state index contributed by atoms with van der Waals surface area (Å²) in [6, 6.07) is 10.8. The Morgan fingerprint density at radius 3 is 1.71 bits per heavy atom. The molecule has 5 nitrogen and oxygen atoms in total. The van der Waals surface area contributed by atoms with E-state index >= 15 is 0 Å². The Balaban J connectivity index is 1.61. The first-order valence-electron chi connectivity index (χ1n) is 7.34. The summed E-state index contributed by atoms with van der Waals surface area (Å²) in [7, 11) is 0. The van der Waals surface area contributed by atoms with Crippen LogP contribution < -0.4 is 0 Å². The first-order chi connectivity index (χ1) is 11.8. The molecule has 116 valence electrons. The molecule has 0 aromatic carbocycles. The van der Waals surface area contributed by atoms with Gasteiger partial charge in [-0.3, -0.25) is 14.8 Å². The van der Waals surface area contributed by atoms with E-state index in [9.17, 15) is 4.79 Å². The smallest absolute Gasteiger partial charge is 0.199 e. The van der Waals surface area contributed by atoms with Gasteiger partial charge in [0.15, 0.2) is 5.78 Å². The summed E-state index contributed by atoms with van der Waals surface area (Å²) in [5.41, 5.74) is 2.57. The van der Waals surface area contributed by atoms with Crippen molar-refractivity contribution in [3.8, 4) is 22.6 Å². The molecule has 24 heavy (non-hydrogen) atoms. The fourth-order valence-electron chi connectivity index (χ4n) is 2.40. The van der Waals surface area contributed by atoms with Crippen molar-refractivity contribution in [1.82, 2.24) is 9.97 Å². The molecule has 0 atom stereocenters. The first-order valence-corrected chi connectivity index (χ1v) is 7.34. The van der Waals surface area contributed by atoms with Gasteiger partial charge in [0.05, 0.1) is 11.1 Å². The number of ketones is 1. The molecule has 0 bridgehead atoms. The van der Waals surface area contributed by atoms with Crippen LogP contribution >= 0.6 is 0 Å². The Morgan fingerprint density at radius 2 is 1.29 bits per heavy atom. The van der Waals surface area contributed by atoms with Gasteiger partial charge in [-0.25, -0.2) is 0 Å². The molecule has 0 aliphatic carbocycles. The topological polar surface area (TPSA) is 69.1 Å². The second-order valence-electron chi connectivity index (χ2n) is 5.21. The molecule has 5 heteroatoms. The lowest BCUT2D eigenvalue weighted by Gasteiger charge is -1.93. The van der Waals surface area contributed by atoms with Crippen LogP contribution in [0.25, 0.3) is 22.6 Å². The zero-order chi connectivity index (χ0) is 16.4. The maximum Gasteiger partial charge on any atom is 0.199 e. The number of pyridine rings is 2. The number of carbonyl (C=O) groups is 1. The molecule has 4 rings (SSSR count). The lowest BCUT2D eigenvalue weighted by molar-refractivity contribution is 0.103. The third-order valence-electron chi connectivity index (χ3n) is 3.62. The molecule has 0 amide bonds. The molecule has 4 heterocycles. The standard InChI is InChI=1S/C19H12N2O3/c22-19(15-7-17(23-11-15)13-3-1-5-20-9-13)16-8-18(24-12-16)14-4-2-6-21-10-14/h1-12H. The normalized spacial score (nSPS) is 10.7. The van der Waals surface area contributed by atoms with E-state index in [4.69, 9.17) is 8.83 Å². The van der Waals surface area contributed by atoms with E-state index in [0.29, 0.717) is 22.6 Å². The van der Waals surface area contributed by atoms with E-state index < -0.39 is 0 Å².